The van der Waals surface area contributed by atoms with Crippen LogP contribution in [0.1, 0.15) is 17.7 Å². The number of rotatable bonds is 4. The first-order chi connectivity index (χ1) is 12.9. The van der Waals surface area contributed by atoms with E-state index >= 15 is 0 Å². The predicted molar refractivity (Wildman–Crippen MR) is 110 cm³/mol. The molecule has 1 amide bonds. The quantitative estimate of drug-likeness (QED) is 0.421. The zero-order chi connectivity index (χ0) is 19.1. The average Bonchev–Trinajstić information content (AvgIpc) is 3.26. The molecule has 27 heavy (non-hydrogen) atoms. The van der Waals surface area contributed by atoms with Crippen LogP contribution in [0.3, 0.4) is 0 Å². The maximum Gasteiger partial charge on any atom is 0.229 e. The number of carbonyl (C=O) groups is 1. The molecule has 0 bridgehead atoms. The molecule has 1 fully saturated rings. The Bertz CT molecular complexity index is 1050. The van der Waals surface area contributed by atoms with Crippen LogP contribution in [0.25, 0.3) is 11.3 Å². The number of nitrogens with one attached hydrogen (secondary N) is 2. The molecule has 0 aliphatic heterocycles. The Balaban J connectivity index is 1.65. The largest absolute Gasteiger partial charge is 0.382 e. The molecule has 0 unspecified atom stereocenters. The molecule has 4 rings (SSSR count). The zero-order valence-corrected chi connectivity index (χ0v) is 16.3. The molecule has 1 aromatic carbocycles. The van der Waals surface area contributed by atoms with Gasteiger partial charge in [-0.05, 0) is 43.2 Å². The van der Waals surface area contributed by atoms with Crippen LogP contribution in [0.2, 0.25) is 10.0 Å². The molecule has 6 nitrogen and oxygen atoms in total. The molecule has 4 N–H and O–H groups in total. The van der Waals surface area contributed by atoms with Gasteiger partial charge in [-0.2, -0.15) is 0 Å². The highest BCUT2D eigenvalue weighted by molar-refractivity contribution is 7.18. The number of thiazole rings is 1. The van der Waals surface area contributed by atoms with Crippen molar-refractivity contribution < 1.29 is 4.79 Å². The van der Waals surface area contributed by atoms with Gasteiger partial charge in [0.05, 0.1) is 10.7 Å². The maximum atomic E-state index is 11.9. The molecule has 138 valence electrons. The third-order valence-corrected chi connectivity index (χ3v) is 5.78. The number of benzene rings is 1. The van der Waals surface area contributed by atoms with Crippen LogP contribution < -0.4 is 11.1 Å². The van der Waals surface area contributed by atoms with E-state index in [2.05, 4.69) is 10.3 Å². The van der Waals surface area contributed by atoms with Crippen LogP contribution in [0.5, 0.6) is 0 Å². The number of halogens is 2. The minimum absolute atomic E-state index is 0.0450. The summed E-state index contributed by atoms with van der Waals surface area (Å²) in [6, 6.07) is 8.89. The van der Waals surface area contributed by atoms with Crippen molar-refractivity contribution in [2.45, 2.75) is 12.8 Å². The molecule has 0 atom stereocenters. The number of hydrogen-bond acceptors (Lipinski definition) is 5. The van der Waals surface area contributed by atoms with E-state index < -0.39 is 0 Å². The van der Waals surface area contributed by atoms with Gasteiger partial charge in [0.2, 0.25) is 5.91 Å². The summed E-state index contributed by atoms with van der Waals surface area (Å²) in [6.07, 6.45) is 3.57. The molecule has 1 aliphatic rings. The standard InChI is InChI=1S/C18H15Cl2N5OS/c19-10-5-6-11(12(20)8-10)13-2-1-7-25(13)16(22)14-15(21)23-18(27-14)24-17(26)9-3-4-9/h1-2,5-9,22H,3-4,21H2,(H,23,24,26). The van der Waals surface area contributed by atoms with E-state index in [9.17, 15) is 4.79 Å². The molecule has 0 radical (unpaired) electrons. The second-order valence-electron chi connectivity index (χ2n) is 6.23. The summed E-state index contributed by atoms with van der Waals surface area (Å²) in [5, 5.41) is 12.8. The first-order valence-electron chi connectivity index (χ1n) is 8.23. The Morgan fingerprint density at radius 3 is 2.81 bits per heavy atom. The summed E-state index contributed by atoms with van der Waals surface area (Å²) in [4.78, 5) is 16.6. The van der Waals surface area contributed by atoms with Crippen molar-refractivity contribution >= 4 is 57.2 Å². The number of amides is 1. The summed E-state index contributed by atoms with van der Waals surface area (Å²) in [5.74, 6) is 0.387. The lowest BCUT2D eigenvalue weighted by atomic mass is 10.1. The third-order valence-electron chi connectivity index (χ3n) is 4.24. The molecule has 0 saturated heterocycles. The number of nitrogen functional groups attached to an aromatic ring is 1. The van der Waals surface area contributed by atoms with E-state index in [0.717, 1.165) is 24.1 Å². The number of hydrogen-bond donors (Lipinski definition) is 3. The molecule has 0 spiro atoms. The molecule has 9 heteroatoms. The van der Waals surface area contributed by atoms with Crippen molar-refractivity contribution in [3.8, 4) is 11.3 Å². The van der Waals surface area contributed by atoms with Crippen molar-refractivity contribution in [2.24, 2.45) is 5.92 Å². The fourth-order valence-electron chi connectivity index (χ4n) is 2.71. The van der Waals surface area contributed by atoms with Crippen LogP contribution in [-0.4, -0.2) is 21.3 Å². The second-order valence-corrected chi connectivity index (χ2v) is 8.08. The van der Waals surface area contributed by atoms with Crippen molar-refractivity contribution in [2.75, 3.05) is 11.1 Å². The maximum absolute atomic E-state index is 11.9. The normalized spacial score (nSPS) is 13.6. The van der Waals surface area contributed by atoms with Crippen LogP contribution in [-0.2, 0) is 4.79 Å². The van der Waals surface area contributed by atoms with Gasteiger partial charge in [0, 0.05) is 22.7 Å². The summed E-state index contributed by atoms with van der Waals surface area (Å²) in [6.45, 7) is 0. The van der Waals surface area contributed by atoms with E-state index in [4.69, 9.17) is 34.3 Å². The van der Waals surface area contributed by atoms with Gasteiger partial charge in [-0.15, -0.1) is 0 Å². The molecule has 1 aliphatic carbocycles. The van der Waals surface area contributed by atoms with Gasteiger partial charge in [-0.25, -0.2) is 4.98 Å². The Labute approximate surface area is 169 Å². The predicted octanol–water partition coefficient (Wildman–Crippen LogP) is 4.72. The summed E-state index contributed by atoms with van der Waals surface area (Å²) in [5.41, 5.74) is 7.49. The number of nitrogens with two attached hydrogens (primary N) is 1. The van der Waals surface area contributed by atoms with E-state index in [-0.39, 0.29) is 23.5 Å². The van der Waals surface area contributed by atoms with Gasteiger partial charge in [0.25, 0.3) is 0 Å². The van der Waals surface area contributed by atoms with Crippen molar-refractivity contribution in [3.63, 3.8) is 0 Å². The first kappa shape index (κ1) is 18.0. The average molecular weight is 420 g/mol. The topological polar surface area (TPSA) is 96.8 Å². The fourth-order valence-corrected chi connectivity index (χ4v) is 4.05. The smallest absolute Gasteiger partial charge is 0.229 e. The van der Waals surface area contributed by atoms with E-state index in [0.29, 0.717) is 20.1 Å². The minimum Gasteiger partial charge on any atom is -0.382 e. The molecular formula is C18H15Cl2N5OS. The molecule has 2 heterocycles. The van der Waals surface area contributed by atoms with Gasteiger partial charge in [-0.1, -0.05) is 34.5 Å². The lowest BCUT2D eigenvalue weighted by molar-refractivity contribution is -0.117. The highest BCUT2D eigenvalue weighted by Gasteiger charge is 2.30. The minimum atomic E-state index is -0.0450. The number of anilines is 2. The first-order valence-corrected chi connectivity index (χ1v) is 9.80. The monoisotopic (exact) mass is 419 g/mol. The summed E-state index contributed by atoms with van der Waals surface area (Å²) >= 11 is 13.5. The van der Waals surface area contributed by atoms with Crippen molar-refractivity contribution in [1.82, 2.24) is 9.55 Å². The number of nitrogens with zero attached hydrogens (tertiary/aromatic N) is 2. The van der Waals surface area contributed by atoms with Gasteiger partial charge in [0.1, 0.15) is 10.7 Å². The Hall–Kier alpha value is -2.35. The van der Waals surface area contributed by atoms with E-state index in [1.54, 1.807) is 29.0 Å². The van der Waals surface area contributed by atoms with Gasteiger partial charge in [0.15, 0.2) is 11.0 Å². The van der Waals surface area contributed by atoms with Crippen molar-refractivity contribution in [3.05, 3.63) is 51.5 Å². The third kappa shape index (κ3) is 3.58. The molecule has 1 saturated carbocycles. The van der Waals surface area contributed by atoms with Gasteiger partial charge >= 0.3 is 0 Å². The fraction of sp³-hybridized carbons (Fsp3) is 0.167. The summed E-state index contributed by atoms with van der Waals surface area (Å²) in [7, 11) is 0. The van der Waals surface area contributed by atoms with Gasteiger partial charge in [-0.3, -0.25) is 10.2 Å². The lowest BCUT2D eigenvalue weighted by Crippen LogP contribution is -2.12. The highest BCUT2D eigenvalue weighted by atomic mass is 35.5. The molecular weight excluding hydrogens is 405 g/mol. The van der Waals surface area contributed by atoms with Crippen LogP contribution in [0, 0.1) is 11.3 Å². The highest BCUT2D eigenvalue weighted by Crippen LogP contribution is 2.34. The Morgan fingerprint density at radius 2 is 2.11 bits per heavy atom. The van der Waals surface area contributed by atoms with Gasteiger partial charge < -0.3 is 15.6 Å². The van der Waals surface area contributed by atoms with Crippen LogP contribution in [0.4, 0.5) is 10.9 Å². The van der Waals surface area contributed by atoms with Crippen LogP contribution >= 0.6 is 34.5 Å². The lowest BCUT2D eigenvalue weighted by Gasteiger charge is -2.11. The van der Waals surface area contributed by atoms with E-state index in [1.807, 2.05) is 12.1 Å². The van der Waals surface area contributed by atoms with E-state index in [1.165, 1.54) is 11.3 Å². The number of aromatic nitrogens is 2. The zero-order valence-electron chi connectivity index (χ0n) is 14.0. The second kappa shape index (κ2) is 6.99. The summed E-state index contributed by atoms with van der Waals surface area (Å²) < 4.78 is 1.67. The SMILES string of the molecule is N=C(c1sc(NC(=O)C2CC2)nc1N)n1cccc1-c1ccc(Cl)cc1Cl. The van der Waals surface area contributed by atoms with Crippen molar-refractivity contribution in [1.29, 1.82) is 5.41 Å². The Kier molecular flexibility index (Phi) is 4.67. The van der Waals surface area contributed by atoms with Crippen LogP contribution in [0.15, 0.2) is 36.5 Å². The molecule has 3 aromatic rings. The number of carbonyl (C=O) groups excluding carboxylic acids is 1. The molecule has 2 aromatic heterocycles. The Morgan fingerprint density at radius 1 is 1.33 bits per heavy atom.